The molecule has 0 bridgehead atoms. The Kier molecular flexibility index (Phi) is 3.24. The van der Waals surface area contributed by atoms with Crippen LogP contribution in [0.4, 0.5) is 4.39 Å². The Morgan fingerprint density at radius 2 is 2.38 bits per heavy atom. The van der Waals surface area contributed by atoms with Gasteiger partial charge in [-0.2, -0.15) is 0 Å². The van der Waals surface area contributed by atoms with E-state index in [0.717, 1.165) is 31.4 Å². The van der Waals surface area contributed by atoms with E-state index in [1.54, 1.807) is 6.20 Å². The summed E-state index contributed by atoms with van der Waals surface area (Å²) in [5.74, 6) is 0.371. The fourth-order valence-electron chi connectivity index (χ4n) is 2.78. The molecule has 1 N–H and O–H groups in total. The predicted octanol–water partition coefficient (Wildman–Crippen LogP) is 2.85. The molecule has 2 heterocycles. The van der Waals surface area contributed by atoms with E-state index in [4.69, 9.17) is 0 Å². The molecule has 0 saturated carbocycles. The van der Waals surface area contributed by atoms with Crippen molar-refractivity contribution in [3.05, 3.63) is 29.8 Å². The molecule has 0 spiro atoms. The van der Waals surface area contributed by atoms with Gasteiger partial charge in [0.1, 0.15) is 5.82 Å². The first-order valence-electron chi connectivity index (χ1n) is 5.99. The summed E-state index contributed by atoms with van der Waals surface area (Å²) in [6.45, 7) is 5.34. The Labute approximate surface area is 96.3 Å². The summed E-state index contributed by atoms with van der Waals surface area (Å²) in [5, 5.41) is 3.49. The Morgan fingerprint density at radius 1 is 1.56 bits per heavy atom. The maximum Gasteiger partial charge on any atom is 0.146 e. The van der Waals surface area contributed by atoms with E-state index in [-0.39, 0.29) is 11.4 Å². The van der Waals surface area contributed by atoms with E-state index in [1.807, 2.05) is 6.07 Å². The van der Waals surface area contributed by atoms with E-state index in [2.05, 4.69) is 24.1 Å². The van der Waals surface area contributed by atoms with E-state index in [0.29, 0.717) is 5.92 Å². The van der Waals surface area contributed by atoms with Crippen LogP contribution in [0.2, 0.25) is 0 Å². The predicted molar refractivity (Wildman–Crippen MR) is 62.6 cm³/mol. The zero-order valence-electron chi connectivity index (χ0n) is 9.96. The molecule has 3 heteroatoms. The van der Waals surface area contributed by atoms with Gasteiger partial charge in [-0.15, -0.1) is 0 Å². The van der Waals surface area contributed by atoms with Crippen LogP contribution in [0.3, 0.4) is 0 Å². The van der Waals surface area contributed by atoms with Crippen LogP contribution in [-0.2, 0) is 5.54 Å². The van der Waals surface area contributed by atoms with Gasteiger partial charge in [0.2, 0.25) is 0 Å². The standard InChI is InChI=1S/C13H19FN2/c1-10(2)8-13(5-3-6-16-13)11-4-7-15-9-12(11)14/h4,7,9-10,16H,3,5-6,8H2,1-2H3. The van der Waals surface area contributed by atoms with E-state index < -0.39 is 0 Å². The van der Waals surface area contributed by atoms with Gasteiger partial charge in [0.05, 0.1) is 6.20 Å². The average molecular weight is 222 g/mol. The highest BCUT2D eigenvalue weighted by Gasteiger charge is 2.37. The van der Waals surface area contributed by atoms with Gasteiger partial charge in [0.25, 0.3) is 0 Å². The average Bonchev–Trinajstić information content (AvgIpc) is 2.67. The van der Waals surface area contributed by atoms with Gasteiger partial charge in [-0.3, -0.25) is 4.98 Å². The van der Waals surface area contributed by atoms with Gasteiger partial charge in [-0.1, -0.05) is 13.8 Å². The van der Waals surface area contributed by atoms with Crippen molar-refractivity contribution >= 4 is 0 Å². The Balaban J connectivity index is 2.36. The summed E-state index contributed by atoms with van der Waals surface area (Å²) in [6.07, 6.45) is 6.12. The van der Waals surface area contributed by atoms with Crippen molar-refractivity contribution in [1.29, 1.82) is 0 Å². The van der Waals surface area contributed by atoms with Crippen molar-refractivity contribution in [3.8, 4) is 0 Å². The number of halogens is 1. The minimum atomic E-state index is -0.183. The third kappa shape index (κ3) is 2.09. The van der Waals surface area contributed by atoms with Crippen molar-refractivity contribution in [2.24, 2.45) is 5.92 Å². The van der Waals surface area contributed by atoms with Crippen molar-refractivity contribution in [2.75, 3.05) is 6.54 Å². The van der Waals surface area contributed by atoms with Crippen LogP contribution in [-0.4, -0.2) is 11.5 Å². The molecule has 1 unspecified atom stereocenters. The van der Waals surface area contributed by atoms with Crippen LogP contribution >= 0.6 is 0 Å². The van der Waals surface area contributed by atoms with Gasteiger partial charge in [-0.25, -0.2) is 4.39 Å². The second-order valence-corrected chi connectivity index (χ2v) is 5.07. The molecule has 1 aromatic rings. The SMILES string of the molecule is CC(C)CC1(c2ccncc2F)CCCN1. The number of aromatic nitrogens is 1. The number of nitrogens with zero attached hydrogens (tertiary/aromatic N) is 1. The molecular weight excluding hydrogens is 203 g/mol. The van der Waals surface area contributed by atoms with E-state index >= 15 is 0 Å². The molecule has 0 aromatic carbocycles. The van der Waals surface area contributed by atoms with Gasteiger partial charge in [0, 0.05) is 17.3 Å². The van der Waals surface area contributed by atoms with Crippen LogP contribution in [0.25, 0.3) is 0 Å². The first-order valence-corrected chi connectivity index (χ1v) is 5.99. The summed E-state index contributed by atoms with van der Waals surface area (Å²) in [6, 6.07) is 1.82. The number of pyridine rings is 1. The molecule has 0 radical (unpaired) electrons. The summed E-state index contributed by atoms with van der Waals surface area (Å²) in [4.78, 5) is 3.82. The van der Waals surface area contributed by atoms with Crippen molar-refractivity contribution < 1.29 is 4.39 Å². The molecule has 16 heavy (non-hydrogen) atoms. The van der Waals surface area contributed by atoms with Gasteiger partial charge in [0.15, 0.2) is 0 Å². The number of hydrogen-bond acceptors (Lipinski definition) is 2. The zero-order valence-corrected chi connectivity index (χ0v) is 9.96. The van der Waals surface area contributed by atoms with E-state index in [1.165, 1.54) is 6.20 Å². The fourth-order valence-corrected chi connectivity index (χ4v) is 2.78. The molecule has 1 aromatic heterocycles. The molecule has 2 rings (SSSR count). The Hall–Kier alpha value is -0.960. The molecule has 88 valence electrons. The lowest BCUT2D eigenvalue weighted by molar-refractivity contribution is 0.300. The minimum Gasteiger partial charge on any atom is -0.307 e. The second-order valence-electron chi connectivity index (χ2n) is 5.07. The highest BCUT2D eigenvalue weighted by Crippen LogP contribution is 2.37. The second kappa shape index (κ2) is 4.50. The van der Waals surface area contributed by atoms with Crippen LogP contribution in [0, 0.1) is 11.7 Å². The third-order valence-electron chi connectivity index (χ3n) is 3.29. The highest BCUT2D eigenvalue weighted by atomic mass is 19.1. The molecule has 1 saturated heterocycles. The third-order valence-corrected chi connectivity index (χ3v) is 3.29. The first-order chi connectivity index (χ1) is 7.64. The fraction of sp³-hybridized carbons (Fsp3) is 0.615. The maximum absolute atomic E-state index is 13.8. The molecule has 1 fully saturated rings. The molecule has 2 nitrogen and oxygen atoms in total. The molecule has 1 aliphatic heterocycles. The molecular formula is C13H19FN2. The van der Waals surface area contributed by atoms with Crippen molar-refractivity contribution in [1.82, 2.24) is 10.3 Å². The summed E-state index contributed by atoms with van der Waals surface area (Å²) >= 11 is 0. The smallest absolute Gasteiger partial charge is 0.146 e. The van der Waals surface area contributed by atoms with Gasteiger partial charge >= 0.3 is 0 Å². The largest absolute Gasteiger partial charge is 0.307 e. The minimum absolute atomic E-state index is 0.165. The highest BCUT2D eigenvalue weighted by molar-refractivity contribution is 5.25. The van der Waals surface area contributed by atoms with E-state index in [9.17, 15) is 4.39 Å². The van der Waals surface area contributed by atoms with Crippen LogP contribution in [0.15, 0.2) is 18.5 Å². The monoisotopic (exact) mass is 222 g/mol. The maximum atomic E-state index is 13.8. The molecule has 1 aliphatic rings. The Bertz CT molecular complexity index is 357. The quantitative estimate of drug-likeness (QED) is 0.850. The number of nitrogens with one attached hydrogen (secondary N) is 1. The van der Waals surface area contributed by atoms with Crippen LogP contribution < -0.4 is 5.32 Å². The molecule has 1 atom stereocenters. The molecule has 0 aliphatic carbocycles. The Morgan fingerprint density at radius 3 is 2.94 bits per heavy atom. The topological polar surface area (TPSA) is 24.9 Å². The lowest BCUT2D eigenvalue weighted by Crippen LogP contribution is -2.39. The normalized spacial score (nSPS) is 25.2. The zero-order chi connectivity index (χ0) is 11.6. The first kappa shape index (κ1) is 11.5. The van der Waals surface area contributed by atoms with Crippen LogP contribution in [0.1, 0.15) is 38.7 Å². The summed E-state index contributed by atoms with van der Waals surface area (Å²) in [7, 11) is 0. The number of hydrogen-bond donors (Lipinski definition) is 1. The van der Waals surface area contributed by atoms with Crippen LogP contribution in [0.5, 0.6) is 0 Å². The van der Waals surface area contributed by atoms with Crippen molar-refractivity contribution in [3.63, 3.8) is 0 Å². The lowest BCUT2D eigenvalue weighted by atomic mass is 9.81. The van der Waals surface area contributed by atoms with Crippen molar-refractivity contribution in [2.45, 2.75) is 38.6 Å². The van der Waals surface area contributed by atoms with Gasteiger partial charge < -0.3 is 5.32 Å². The molecule has 0 amide bonds. The summed E-state index contributed by atoms with van der Waals surface area (Å²) in [5.41, 5.74) is 0.620. The number of rotatable bonds is 3. The summed E-state index contributed by atoms with van der Waals surface area (Å²) < 4.78 is 13.8. The lowest BCUT2D eigenvalue weighted by Gasteiger charge is -2.32. The van der Waals surface area contributed by atoms with Gasteiger partial charge in [-0.05, 0) is 37.8 Å².